The molecule has 0 N–H and O–H groups in total. The van der Waals surface area contributed by atoms with Crippen molar-refractivity contribution in [1.82, 2.24) is 4.98 Å². The lowest BCUT2D eigenvalue weighted by atomic mass is 10.1. The van der Waals surface area contributed by atoms with Gasteiger partial charge in [-0.25, -0.2) is 4.79 Å². The van der Waals surface area contributed by atoms with Gasteiger partial charge in [0.2, 0.25) is 0 Å². The normalized spacial score (nSPS) is 14.3. The van der Waals surface area contributed by atoms with Crippen molar-refractivity contribution in [1.29, 1.82) is 0 Å². The summed E-state index contributed by atoms with van der Waals surface area (Å²) >= 11 is 0. The molecule has 0 saturated carbocycles. The summed E-state index contributed by atoms with van der Waals surface area (Å²) in [5.74, 6) is -0.237. The maximum Gasteiger partial charge on any atom is 0.340 e. The van der Waals surface area contributed by atoms with E-state index in [1.807, 2.05) is 13.8 Å². The average molecular weight is 163 g/mol. The number of carbonyl (C=O) groups excluding carboxylic acids is 1. The first-order valence-corrected chi connectivity index (χ1v) is 3.82. The SMILES string of the molecule is Cc1cnc(C)c2c1COC2=O. The van der Waals surface area contributed by atoms with Crippen LogP contribution in [0, 0.1) is 13.8 Å². The van der Waals surface area contributed by atoms with Crippen molar-refractivity contribution in [3.05, 3.63) is 28.6 Å². The summed E-state index contributed by atoms with van der Waals surface area (Å²) in [6.07, 6.45) is 1.77. The van der Waals surface area contributed by atoms with E-state index >= 15 is 0 Å². The Bertz CT molecular complexity index is 358. The Morgan fingerprint density at radius 3 is 2.92 bits per heavy atom. The van der Waals surface area contributed by atoms with Crippen LogP contribution in [0.5, 0.6) is 0 Å². The van der Waals surface area contributed by atoms with Crippen LogP contribution in [0.1, 0.15) is 27.2 Å². The number of ether oxygens (including phenoxy) is 1. The van der Waals surface area contributed by atoms with E-state index in [1.54, 1.807) is 6.20 Å². The van der Waals surface area contributed by atoms with Crippen molar-refractivity contribution in [3.8, 4) is 0 Å². The molecule has 1 aromatic rings. The van der Waals surface area contributed by atoms with Crippen LogP contribution in [0.25, 0.3) is 0 Å². The van der Waals surface area contributed by atoms with Gasteiger partial charge in [0.1, 0.15) is 6.61 Å². The number of hydrogen-bond acceptors (Lipinski definition) is 3. The lowest BCUT2D eigenvalue weighted by Crippen LogP contribution is -2.00. The first-order valence-electron chi connectivity index (χ1n) is 3.82. The number of esters is 1. The first-order chi connectivity index (χ1) is 5.70. The molecule has 0 saturated heterocycles. The van der Waals surface area contributed by atoms with Crippen LogP contribution < -0.4 is 0 Å². The standard InChI is InChI=1S/C9H9NO2/c1-5-3-10-6(2)8-7(5)4-12-9(8)11/h3H,4H2,1-2H3. The largest absolute Gasteiger partial charge is 0.457 e. The fraction of sp³-hybridized carbons (Fsp3) is 0.333. The van der Waals surface area contributed by atoms with Gasteiger partial charge in [-0.2, -0.15) is 0 Å². The molecular weight excluding hydrogens is 154 g/mol. The van der Waals surface area contributed by atoms with Gasteiger partial charge in [-0.15, -0.1) is 0 Å². The molecule has 2 rings (SSSR count). The first kappa shape index (κ1) is 7.28. The van der Waals surface area contributed by atoms with Crippen LogP contribution in [0.4, 0.5) is 0 Å². The van der Waals surface area contributed by atoms with E-state index in [1.165, 1.54) is 0 Å². The maximum atomic E-state index is 11.2. The average Bonchev–Trinajstić information content (AvgIpc) is 2.42. The lowest BCUT2D eigenvalue weighted by Gasteiger charge is -2.00. The minimum atomic E-state index is -0.237. The Morgan fingerprint density at radius 2 is 2.25 bits per heavy atom. The van der Waals surface area contributed by atoms with Crippen LogP contribution in [0.2, 0.25) is 0 Å². The number of pyridine rings is 1. The predicted octanol–water partition coefficient (Wildman–Crippen LogP) is 1.37. The van der Waals surface area contributed by atoms with Gasteiger partial charge in [0.05, 0.1) is 11.3 Å². The molecule has 0 atom stereocenters. The third kappa shape index (κ3) is 0.826. The quantitative estimate of drug-likeness (QED) is 0.542. The summed E-state index contributed by atoms with van der Waals surface area (Å²) in [6.45, 7) is 4.17. The molecular formula is C9H9NO2. The highest BCUT2D eigenvalue weighted by Crippen LogP contribution is 2.24. The summed E-state index contributed by atoms with van der Waals surface area (Å²) in [4.78, 5) is 15.3. The molecule has 12 heavy (non-hydrogen) atoms. The van der Waals surface area contributed by atoms with Crippen molar-refractivity contribution < 1.29 is 9.53 Å². The Labute approximate surface area is 70.4 Å². The number of rotatable bonds is 0. The number of aromatic nitrogens is 1. The molecule has 3 nitrogen and oxygen atoms in total. The minimum Gasteiger partial charge on any atom is -0.457 e. The predicted molar refractivity (Wildman–Crippen MR) is 42.8 cm³/mol. The maximum absolute atomic E-state index is 11.2. The van der Waals surface area contributed by atoms with E-state index in [2.05, 4.69) is 4.98 Å². The molecule has 0 amide bonds. The van der Waals surface area contributed by atoms with Crippen molar-refractivity contribution in [2.24, 2.45) is 0 Å². The Morgan fingerprint density at radius 1 is 1.50 bits per heavy atom. The Kier molecular flexibility index (Phi) is 1.40. The highest BCUT2D eigenvalue weighted by Gasteiger charge is 2.25. The van der Waals surface area contributed by atoms with Crippen LogP contribution in [0.15, 0.2) is 6.20 Å². The molecule has 0 bridgehead atoms. The van der Waals surface area contributed by atoms with Crippen LogP contribution in [0.3, 0.4) is 0 Å². The second kappa shape index (κ2) is 2.30. The fourth-order valence-electron chi connectivity index (χ4n) is 1.42. The second-order valence-corrected chi connectivity index (χ2v) is 2.96. The number of carbonyl (C=O) groups is 1. The van der Waals surface area contributed by atoms with Crippen molar-refractivity contribution >= 4 is 5.97 Å². The van der Waals surface area contributed by atoms with Crippen LogP contribution in [-0.4, -0.2) is 11.0 Å². The molecule has 1 aliphatic rings. The zero-order valence-corrected chi connectivity index (χ0v) is 7.05. The monoisotopic (exact) mass is 163 g/mol. The van der Waals surface area contributed by atoms with Crippen molar-refractivity contribution in [2.75, 3.05) is 0 Å². The van der Waals surface area contributed by atoms with Crippen molar-refractivity contribution in [2.45, 2.75) is 20.5 Å². The second-order valence-electron chi connectivity index (χ2n) is 2.96. The zero-order chi connectivity index (χ0) is 8.72. The van der Waals surface area contributed by atoms with Gasteiger partial charge >= 0.3 is 5.97 Å². The highest BCUT2D eigenvalue weighted by molar-refractivity contribution is 5.94. The van der Waals surface area contributed by atoms with Crippen molar-refractivity contribution in [3.63, 3.8) is 0 Å². The fourth-order valence-corrected chi connectivity index (χ4v) is 1.42. The van der Waals surface area contributed by atoms with E-state index in [0.717, 1.165) is 16.8 Å². The molecule has 62 valence electrons. The van der Waals surface area contributed by atoms with E-state index in [4.69, 9.17) is 4.74 Å². The Hall–Kier alpha value is -1.38. The number of nitrogens with zero attached hydrogens (tertiary/aromatic N) is 1. The van der Waals surface area contributed by atoms with E-state index < -0.39 is 0 Å². The van der Waals surface area contributed by atoms with Gasteiger partial charge in [-0.05, 0) is 19.4 Å². The number of fused-ring (bicyclic) bond motifs is 1. The molecule has 0 fully saturated rings. The van der Waals surface area contributed by atoms with Gasteiger partial charge in [0.15, 0.2) is 0 Å². The van der Waals surface area contributed by atoms with E-state index in [-0.39, 0.29) is 5.97 Å². The number of aryl methyl sites for hydroxylation is 2. The zero-order valence-electron chi connectivity index (χ0n) is 7.05. The molecule has 0 aromatic carbocycles. The molecule has 0 spiro atoms. The molecule has 1 aliphatic heterocycles. The van der Waals surface area contributed by atoms with Gasteiger partial charge in [0.25, 0.3) is 0 Å². The third-order valence-corrected chi connectivity index (χ3v) is 2.14. The summed E-state index contributed by atoms with van der Waals surface area (Å²) in [5.41, 5.74) is 3.45. The summed E-state index contributed by atoms with van der Waals surface area (Å²) in [5, 5.41) is 0. The third-order valence-electron chi connectivity index (χ3n) is 2.14. The molecule has 0 aliphatic carbocycles. The molecule has 1 aromatic heterocycles. The molecule has 2 heterocycles. The molecule has 0 radical (unpaired) electrons. The summed E-state index contributed by atoms with van der Waals surface area (Å²) in [6, 6.07) is 0. The Balaban J connectivity index is 2.72. The highest BCUT2D eigenvalue weighted by atomic mass is 16.5. The lowest BCUT2D eigenvalue weighted by molar-refractivity contribution is 0.0534. The smallest absolute Gasteiger partial charge is 0.340 e. The minimum absolute atomic E-state index is 0.237. The van der Waals surface area contributed by atoms with Gasteiger partial charge in [-0.3, -0.25) is 4.98 Å². The molecule has 0 unspecified atom stereocenters. The molecule has 3 heteroatoms. The summed E-state index contributed by atoms with van der Waals surface area (Å²) < 4.78 is 4.91. The summed E-state index contributed by atoms with van der Waals surface area (Å²) in [7, 11) is 0. The van der Waals surface area contributed by atoms with Crippen LogP contribution >= 0.6 is 0 Å². The van der Waals surface area contributed by atoms with E-state index in [0.29, 0.717) is 12.2 Å². The van der Waals surface area contributed by atoms with Crippen LogP contribution in [-0.2, 0) is 11.3 Å². The topological polar surface area (TPSA) is 39.2 Å². The number of hydrogen-bond donors (Lipinski definition) is 0. The van der Waals surface area contributed by atoms with Gasteiger partial charge in [0, 0.05) is 11.8 Å². The van der Waals surface area contributed by atoms with Gasteiger partial charge < -0.3 is 4.74 Å². The van der Waals surface area contributed by atoms with E-state index in [9.17, 15) is 4.79 Å². The van der Waals surface area contributed by atoms with Gasteiger partial charge in [-0.1, -0.05) is 0 Å². The number of cyclic esters (lactones) is 1.